The second kappa shape index (κ2) is 9.64. The highest BCUT2D eigenvalue weighted by Gasteiger charge is 2.16. The summed E-state index contributed by atoms with van der Waals surface area (Å²) in [5, 5.41) is 9.68. The van der Waals surface area contributed by atoms with Crippen LogP contribution in [0.15, 0.2) is 42.2 Å². The largest absolute Gasteiger partial charge is 0.504 e. The number of phenols is 1. The Morgan fingerprint density at radius 2 is 1.81 bits per heavy atom. The van der Waals surface area contributed by atoms with Crippen LogP contribution in [0.2, 0.25) is 0 Å². The zero-order valence-electron chi connectivity index (χ0n) is 15.7. The molecule has 0 atom stereocenters. The van der Waals surface area contributed by atoms with Gasteiger partial charge in [0, 0.05) is 39.3 Å². The van der Waals surface area contributed by atoms with Gasteiger partial charge < -0.3 is 19.5 Å². The van der Waals surface area contributed by atoms with Crippen LogP contribution >= 0.6 is 0 Å². The lowest BCUT2D eigenvalue weighted by molar-refractivity contribution is 0.104. The molecule has 142 valence electrons. The molecule has 0 aromatic heterocycles. The van der Waals surface area contributed by atoms with Crippen molar-refractivity contribution in [1.82, 2.24) is 9.80 Å². The lowest BCUT2D eigenvalue weighted by Gasteiger charge is -2.34. The fourth-order valence-corrected chi connectivity index (χ4v) is 3.39. The van der Waals surface area contributed by atoms with E-state index in [4.69, 9.17) is 9.47 Å². The Bertz CT molecular complexity index is 634. The van der Waals surface area contributed by atoms with E-state index in [1.54, 1.807) is 13.2 Å². The summed E-state index contributed by atoms with van der Waals surface area (Å²) in [5.74, 6) is 1.78. The Morgan fingerprint density at radius 1 is 1.04 bits per heavy atom. The maximum absolute atomic E-state index is 9.68. The van der Waals surface area contributed by atoms with Crippen molar-refractivity contribution in [2.45, 2.75) is 19.3 Å². The van der Waals surface area contributed by atoms with Crippen LogP contribution in [0, 0.1) is 0 Å². The smallest absolute Gasteiger partial charge is 0.160 e. The molecule has 0 radical (unpaired) electrons. The minimum atomic E-state index is 0.201. The van der Waals surface area contributed by atoms with Crippen LogP contribution in [0.4, 0.5) is 0 Å². The highest BCUT2D eigenvalue weighted by Crippen LogP contribution is 2.26. The summed E-state index contributed by atoms with van der Waals surface area (Å²) in [6.45, 7) is 7.18. The third-order valence-electron chi connectivity index (χ3n) is 5.06. The van der Waals surface area contributed by atoms with Crippen LogP contribution in [0.3, 0.4) is 0 Å². The molecule has 5 nitrogen and oxygen atoms in total. The summed E-state index contributed by atoms with van der Waals surface area (Å²) in [5.41, 5.74) is 1.20. The highest BCUT2D eigenvalue weighted by atomic mass is 16.5. The van der Waals surface area contributed by atoms with Crippen LogP contribution in [-0.2, 0) is 11.2 Å². The molecular formula is C21H30N2O3. The summed E-state index contributed by atoms with van der Waals surface area (Å²) >= 11 is 0. The molecule has 1 N–H and O–H groups in total. The van der Waals surface area contributed by atoms with Crippen molar-refractivity contribution >= 4 is 0 Å². The quantitative estimate of drug-likeness (QED) is 0.774. The van der Waals surface area contributed by atoms with Gasteiger partial charge in [0.05, 0.1) is 7.11 Å². The van der Waals surface area contributed by atoms with Crippen LogP contribution in [0.5, 0.6) is 11.5 Å². The molecule has 26 heavy (non-hydrogen) atoms. The summed E-state index contributed by atoms with van der Waals surface area (Å²) in [4.78, 5) is 4.98. The number of allylic oxidation sites excluding steroid dienone is 3. The van der Waals surface area contributed by atoms with E-state index < -0.39 is 0 Å². The molecule has 0 unspecified atom stereocenters. The molecule has 0 saturated carbocycles. The van der Waals surface area contributed by atoms with Gasteiger partial charge in [0.2, 0.25) is 0 Å². The first-order valence-electron chi connectivity index (χ1n) is 9.54. The van der Waals surface area contributed by atoms with Gasteiger partial charge in [-0.2, -0.15) is 0 Å². The molecule has 2 aliphatic rings. The van der Waals surface area contributed by atoms with E-state index in [-0.39, 0.29) is 5.75 Å². The SMILES string of the molecule is COc1cc(CCN2CCN(CCOC3=CCCC=C3)CC2)ccc1O. The molecule has 0 amide bonds. The number of benzene rings is 1. The molecule has 1 aliphatic heterocycles. The summed E-state index contributed by atoms with van der Waals surface area (Å²) in [7, 11) is 1.59. The molecule has 1 heterocycles. The van der Waals surface area contributed by atoms with E-state index in [2.05, 4.69) is 28.0 Å². The number of ether oxygens (including phenoxy) is 2. The molecular weight excluding hydrogens is 328 g/mol. The normalized spacial score (nSPS) is 18.6. The van der Waals surface area contributed by atoms with Gasteiger partial charge in [-0.3, -0.25) is 4.90 Å². The number of piperazine rings is 1. The van der Waals surface area contributed by atoms with Crippen molar-refractivity contribution in [3.05, 3.63) is 47.7 Å². The maximum Gasteiger partial charge on any atom is 0.160 e. The molecule has 1 aromatic carbocycles. The predicted molar refractivity (Wildman–Crippen MR) is 104 cm³/mol. The van der Waals surface area contributed by atoms with Crippen molar-refractivity contribution < 1.29 is 14.6 Å². The van der Waals surface area contributed by atoms with E-state index >= 15 is 0 Å². The summed E-state index contributed by atoms with van der Waals surface area (Å²) in [6, 6.07) is 5.61. The monoisotopic (exact) mass is 358 g/mol. The number of aromatic hydroxyl groups is 1. The Balaban J connectivity index is 1.33. The van der Waals surface area contributed by atoms with Gasteiger partial charge in [-0.25, -0.2) is 0 Å². The Labute approximate surface area is 156 Å². The van der Waals surface area contributed by atoms with Gasteiger partial charge in [-0.15, -0.1) is 0 Å². The van der Waals surface area contributed by atoms with E-state index in [1.165, 1.54) is 5.56 Å². The van der Waals surface area contributed by atoms with Crippen molar-refractivity contribution in [2.75, 3.05) is 53.0 Å². The van der Waals surface area contributed by atoms with E-state index in [9.17, 15) is 5.11 Å². The number of rotatable bonds is 8. The lowest BCUT2D eigenvalue weighted by Crippen LogP contribution is -2.47. The molecule has 3 rings (SSSR count). The number of hydrogen-bond donors (Lipinski definition) is 1. The first-order valence-corrected chi connectivity index (χ1v) is 9.54. The Kier molecular flexibility index (Phi) is 6.97. The van der Waals surface area contributed by atoms with Gasteiger partial charge in [0.15, 0.2) is 11.5 Å². The average Bonchev–Trinajstić information content (AvgIpc) is 2.69. The van der Waals surface area contributed by atoms with Crippen molar-refractivity contribution in [2.24, 2.45) is 0 Å². The molecule has 0 bridgehead atoms. The molecule has 1 saturated heterocycles. The maximum atomic E-state index is 9.68. The van der Waals surface area contributed by atoms with Gasteiger partial charge >= 0.3 is 0 Å². The van der Waals surface area contributed by atoms with Crippen LogP contribution in [-0.4, -0.2) is 67.9 Å². The number of phenolic OH excluding ortho intramolecular Hbond substituents is 1. The van der Waals surface area contributed by atoms with E-state index in [1.807, 2.05) is 12.1 Å². The summed E-state index contributed by atoms with van der Waals surface area (Å²) < 4.78 is 11.0. The lowest BCUT2D eigenvalue weighted by atomic mass is 10.1. The third kappa shape index (κ3) is 5.51. The molecule has 1 fully saturated rings. The minimum absolute atomic E-state index is 0.201. The second-order valence-electron chi connectivity index (χ2n) is 6.87. The highest BCUT2D eigenvalue weighted by molar-refractivity contribution is 5.41. The first kappa shape index (κ1) is 18.8. The van der Waals surface area contributed by atoms with E-state index in [0.717, 1.165) is 70.9 Å². The van der Waals surface area contributed by atoms with Crippen LogP contribution in [0.1, 0.15) is 18.4 Å². The molecule has 1 aliphatic carbocycles. The third-order valence-corrected chi connectivity index (χ3v) is 5.06. The zero-order chi connectivity index (χ0) is 18.2. The zero-order valence-corrected chi connectivity index (χ0v) is 15.7. The van der Waals surface area contributed by atoms with Crippen LogP contribution < -0.4 is 4.74 Å². The first-order chi connectivity index (χ1) is 12.7. The van der Waals surface area contributed by atoms with Crippen molar-refractivity contribution in [3.8, 4) is 11.5 Å². The molecule has 1 aromatic rings. The Hall–Kier alpha value is -1.98. The molecule has 0 spiro atoms. The fraction of sp³-hybridized carbons (Fsp3) is 0.524. The van der Waals surface area contributed by atoms with Crippen LogP contribution in [0.25, 0.3) is 0 Å². The minimum Gasteiger partial charge on any atom is -0.504 e. The van der Waals surface area contributed by atoms with E-state index in [0.29, 0.717) is 5.75 Å². The number of methoxy groups -OCH3 is 1. The number of hydrogen-bond acceptors (Lipinski definition) is 5. The summed E-state index contributed by atoms with van der Waals surface area (Å²) in [6.07, 6.45) is 9.64. The van der Waals surface area contributed by atoms with Crippen molar-refractivity contribution in [1.29, 1.82) is 0 Å². The predicted octanol–water partition coefficient (Wildman–Crippen LogP) is 2.81. The van der Waals surface area contributed by atoms with Crippen molar-refractivity contribution in [3.63, 3.8) is 0 Å². The average molecular weight is 358 g/mol. The van der Waals surface area contributed by atoms with Gasteiger partial charge in [-0.05, 0) is 49.1 Å². The molecule has 5 heteroatoms. The second-order valence-corrected chi connectivity index (χ2v) is 6.87. The van der Waals surface area contributed by atoms with Gasteiger partial charge in [0.1, 0.15) is 12.4 Å². The topological polar surface area (TPSA) is 45.2 Å². The standard InChI is InChI=1S/C21H30N2O3/c1-25-21-17-18(7-8-20(21)24)9-10-22-11-13-23(14-12-22)15-16-26-19-5-3-2-4-6-19/h3,5-8,17,24H,2,4,9-16H2,1H3. The number of nitrogens with zero attached hydrogens (tertiary/aromatic N) is 2. The fourth-order valence-electron chi connectivity index (χ4n) is 3.39. The van der Waals surface area contributed by atoms with Gasteiger partial charge in [0.25, 0.3) is 0 Å². The Morgan fingerprint density at radius 3 is 2.50 bits per heavy atom. The van der Waals surface area contributed by atoms with Gasteiger partial charge in [-0.1, -0.05) is 12.1 Å².